The number of aryl methyl sites for hydroxylation is 1. The van der Waals surface area contributed by atoms with Gasteiger partial charge in [0, 0.05) is 31.4 Å². The molecule has 2 fully saturated rings. The Morgan fingerprint density at radius 3 is 2.71 bits per heavy atom. The minimum Gasteiger partial charge on any atom is -0.338 e. The summed E-state index contributed by atoms with van der Waals surface area (Å²) in [6.45, 7) is 1.91. The highest BCUT2D eigenvalue weighted by Gasteiger charge is 2.37. The van der Waals surface area contributed by atoms with Gasteiger partial charge < -0.3 is 10.2 Å². The van der Waals surface area contributed by atoms with Crippen LogP contribution in [0.3, 0.4) is 0 Å². The first-order valence-electron chi connectivity index (χ1n) is 8.54. The van der Waals surface area contributed by atoms with Crippen molar-refractivity contribution >= 4 is 17.2 Å². The maximum absolute atomic E-state index is 13.0. The van der Waals surface area contributed by atoms with Crippen LogP contribution in [0.2, 0.25) is 0 Å². The van der Waals surface area contributed by atoms with E-state index in [-0.39, 0.29) is 5.91 Å². The molecule has 24 heavy (non-hydrogen) atoms. The molecule has 2 saturated heterocycles. The first-order chi connectivity index (χ1) is 11.6. The van der Waals surface area contributed by atoms with Gasteiger partial charge in [0.2, 0.25) is 0 Å². The van der Waals surface area contributed by atoms with Gasteiger partial charge >= 0.3 is 0 Å². The predicted octanol–water partition coefficient (Wildman–Crippen LogP) is 2.87. The van der Waals surface area contributed by atoms with Crippen molar-refractivity contribution in [2.75, 3.05) is 7.05 Å². The van der Waals surface area contributed by atoms with Crippen LogP contribution in [-0.2, 0) is 0 Å². The van der Waals surface area contributed by atoms with Gasteiger partial charge in [-0.3, -0.25) is 9.78 Å². The minimum absolute atomic E-state index is 0.0958. The van der Waals surface area contributed by atoms with Gasteiger partial charge in [-0.25, -0.2) is 4.98 Å². The van der Waals surface area contributed by atoms with Crippen LogP contribution in [0.25, 0.3) is 10.7 Å². The zero-order chi connectivity index (χ0) is 16.7. The van der Waals surface area contributed by atoms with Crippen LogP contribution in [0.4, 0.5) is 0 Å². The molecule has 0 aromatic carbocycles. The highest BCUT2D eigenvalue weighted by Crippen LogP contribution is 2.32. The molecule has 2 aliphatic heterocycles. The quantitative estimate of drug-likeness (QED) is 0.932. The Kier molecular flexibility index (Phi) is 4.10. The molecule has 2 atom stereocenters. The summed E-state index contributed by atoms with van der Waals surface area (Å²) in [6, 6.07) is 7.25. The Hall–Kier alpha value is -1.79. The summed E-state index contributed by atoms with van der Waals surface area (Å²) >= 11 is 1.45. The molecular formula is C18H22N4OS. The molecule has 0 saturated carbocycles. The number of nitrogens with zero attached hydrogens (tertiary/aromatic N) is 3. The maximum atomic E-state index is 13.0. The molecule has 2 bridgehead atoms. The lowest BCUT2D eigenvalue weighted by Crippen LogP contribution is -2.48. The van der Waals surface area contributed by atoms with Crippen LogP contribution in [0.1, 0.15) is 41.0 Å². The number of hydrogen-bond donors (Lipinski definition) is 1. The lowest BCUT2D eigenvalue weighted by atomic mass is 9.98. The summed E-state index contributed by atoms with van der Waals surface area (Å²) in [4.78, 5) is 24.6. The Morgan fingerprint density at radius 1 is 1.29 bits per heavy atom. The zero-order valence-electron chi connectivity index (χ0n) is 14.0. The average molecular weight is 342 g/mol. The van der Waals surface area contributed by atoms with Gasteiger partial charge in [-0.2, -0.15) is 0 Å². The van der Waals surface area contributed by atoms with E-state index < -0.39 is 0 Å². The van der Waals surface area contributed by atoms with E-state index in [2.05, 4.69) is 15.3 Å². The Bertz CT molecular complexity index is 733. The second-order valence-electron chi connectivity index (χ2n) is 6.83. The smallest absolute Gasteiger partial charge is 0.265 e. The molecule has 0 aliphatic carbocycles. The van der Waals surface area contributed by atoms with E-state index in [1.165, 1.54) is 24.2 Å². The van der Waals surface area contributed by atoms with Crippen LogP contribution >= 0.6 is 11.3 Å². The first kappa shape index (κ1) is 15.7. The normalized spacial score (nSPS) is 25.7. The topological polar surface area (TPSA) is 58.1 Å². The molecule has 4 heterocycles. The van der Waals surface area contributed by atoms with E-state index >= 15 is 0 Å². The predicted molar refractivity (Wildman–Crippen MR) is 95.1 cm³/mol. The number of piperidine rings is 1. The average Bonchev–Trinajstić information content (AvgIpc) is 3.16. The van der Waals surface area contributed by atoms with Gasteiger partial charge in [0.15, 0.2) is 0 Å². The number of amides is 1. The summed E-state index contributed by atoms with van der Waals surface area (Å²) in [6.07, 6.45) is 6.36. The number of thiazole rings is 1. The summed E-state index contributed by atoms with van der Waals surface area (Å²) in [5.74, 6) is 0.0958. The van der Waals surface area contributed by atoms with Gasteiger partial charge in [0.25, 0.3) is 5.91 Å². The van der Waals surface area contributed by atoms with Crippen molar-refractivity contribution in [2.45, 2.75) is 50.7 Å². The molecule has 126 valence electrons. The number of carbonyl (C=O) groups excluding carboxylic acids is 1. The fourth-order valence-corrected chi connectivity index (χ4v) is 4.89. The summed E-state index contributed by atoms with van der Waals surface area (Å²) in [5.41, 5.74) is 1.63. The Morgan fingerprint density at radius 2 is 2.04 bits per heavy atom. The number of aromatic nitrogens is 2. The van der Waals surface area contributed by atoms with E-state index in [0.717, 1.165) is 34.1 Å². The first-order valence-corrected chi connectivity index (χ1v) is 9.35. The van der Waals surface area contributed by atoms with Crippen LogP contribution in [0.5, 0.6) is 0 Å². The molecule has 0 radical (unpaired) electrons. The number of fused-ring (bicyclic) bond motifs is 2. The van der Waals surface area contributed by atoms with Gasteiger partial charge in [-0.15, -0.1) is 11.3 Å². The van der Waals surface area contributed by atoms with Gasteiger partial charge in [0.1, 0.15) is 9.88 Å². The van der Waals surface area contributed by atoms with Gasteiger partial charge in [-0.1, -0.05) is 6.07 Å². The van der Waals surface area contributed by atoms with E-state index in [4.69, 9.17) is 0 Å². The third-order valence-corrected chi connectivity index (χ3v) is 6.36. The van der Waals surface area contributed by atoms with E-state index in [1.54, 1.807) is 6.20 Å². The molecule has 5 nitrogen and oxygen atoms in total. The molecule has 1 N–H and O–H groups in total. The Balaban J connectivity index is 1.55. The monoisotopic (exact) mass is 342 g/mol. The second-order valence-corrected chi connectivity index (χ2v) is 7.83. The van der Waals surface area contributed by atoms with Crippen LogP contribution < -0.4 is 5.32 Å². The lowest BCUT2D eigenvalue weighted by Gasteiger charge is -2.35. The van der Waals surface area contributed by atoms with E-state index in [9.17, 15) is 4.79 Å². The molecule has 2 aliphatic rings. The van der Waals surface area contributed by atoms with Crippen LogP contribution in [-0.4, -0.2) is 45.9 Å². The van der Waals surface area contributed by atoms with Crippen molar-refractivity contribution in [3.63, 3.8) is 0 Å². The van der Waals surface area contributed by atoms with Crippen molar-refractivity contribution < 1.29 is 4.79 Å². The zero-order valence-corrected chi connectivity index (χ0v) is 14.8. The van der Waals surface area contributed by atoms with Crippen molar-refractivity contribution in [3.8, 4) is 10.7 Å². The van der Waals surface area contributed by atoms with E-state index in [0.29, 0.717) is 18.1 Å². The maximum Gasteiger partial charge on any atom is 0.265 e. The van der Waals surface area contributed by atoms with E-state index in [1.807, 2.05) is 37.1 Å². The standard InChI is InChI=1S/C18H22N4OS/c1-11-16(24-17(20-11)15-5-3-4-8-19-15)18(23)22(2)14-9-12-6-7-13(10-14)21-12/h3-5,8,12-14,21H,6-7,9-10H2,1-2H3. The SMILES string of the molecule is Cc1nc(-c2ccccn2)sc1C(=O)N(C)C1CC2CCC(C1)N2. The summed E-state index contributed by atoms with van der Waals surface area (Å²) < 4.78 is 0. The summed E-state index contributed by atoms with van der Waals surface area (Å²) in [5, 5.41) is 4.45. The van der Waals surface area contributed by atoms with Crippen molar-refractivity contribution in [1.82, 2.24) is 20.2 Å². The van der Waals surface area contributed by atoms with Crippen molar-refractivity contribution in [2.24, 2.45) is 0 Å². The highest BCUT2D eigenvalue weighted by atomic mass is 32.1. The fraction of sp³-hybridized carbons (Fsp3) is 0.500. The van der Waals surface area contributed by atoms with Gasteiger partial charge in [-0.05, 0) is 44.7 Å². The molecule has 6 heteroatoms. The molecule has 1 amide bonds. The summed E-state index contributed by atoms with van der Waals surface area (Å²) in [7, 11) is 1.94. The largest absolute Gasteiger partial charge is 0.338 e. The molecule has 0 spiro atoms. The van der Waals surface area contributed by atoms with Crippen molar-refractivity contribution in [3.05, 3.63) is 35.0 Å². The number of carbonyl (C=O) groups is 1. The van der Waals surface area contributed by atoms with Crippen LogP contribution in [0.15, 0.2) is 24.4 Å². The number of pyridine rings is 1. The van der Waals surface area contributed by atoms with Crippen molar-refractivity contribution in [1.29, 1.82) is 0 Å². The second kappa shape index (κ2) is 6.26. The Labute approximate surface area is 146 Å². The number of nitrogens with one attached hydrogen (secondary N) is 1. The number of hydrogen-bond acceptors (Lipinski definition) is 5. The number of rotatable bonds is 3. The highest BCUT2D eigenvalue weighted by molar-refractivity contribution is 7.17. The third-order valence-electron chi connectivity index (χ3n) is 5.19. The fourth-order valence-electron chi connectivity index (χ4n) is 3.86. The minimum atomic E-state index is 0.0958. The van der Waals surface area contributed by atoms with Gasteiger partial charge in [0.05, 0.1) is 11.4 Å². The molecule has 2 aromatic heterocycles. The lowest BCUT2D eigenvalue weighted by molar-refractivity contribution is 0.0685. The molecular weight excluding hydrogens is 320 g/mol. The molecule has 4 rings (SSSR count). The van der Waals surface area contributed by atoms with Crippen LogP contribution in [0, 0.1) is 6.92 Å². The third kappa shape index (κ3) is 2.84. The molecule has 2 unspecified atom stereocenters. The molecule has 2 aromatic rings.